The van der Waals surface area contributed by atoms with Gasteiger partial charge in [-0.15, -0.1) is 0 Å². The predicted molar refractivity (Wildman–Crippen MR) is 185 cm³/mol. The van der Waals surface area contributed by atoms with Crippen LogP contribution in [0.2, 0.25) is 0 Å². The van der Waals surface area contributed by atoms with Gasteiger partial charge in [-0.3, -0.25) is 9.59 Å². The summed E-state index contributed by atoms with van der Waals surface area (Å²) in [5.74, 6) is -3.79. The van der Waals surface area contributed by atoms with Gasteiger partial charge >= 0.3 is 11.9 Å². The number of esters is 2. The number of cyclic esters (lactones) is 1. The summed E-state index contributed by atoms with van der Waals surface area (Å²) >= 11 is 0. The molecule has 1 fully saturated rings. The van der Waals surface area contributed by atoms with Gasteiger partial charge in [0.2, 0.25) is 0 Å². The van der Waals surface area contributed by atoms with E-state index >= 15 is 0 Å². The molecule has 2 N–H and O–H groups in total. The van der Waals surface area contributed by atoms with Crippen molar-refractivity contribution >= 4 is 17.7 Å². The molecule has 12 atom stereocenters. The van der Waals surface area contributed by atoms with E-state index < -0.39 is 71.6 Å². The summed E-state index contributed by atoms with van der Waals surface area (Å²) in [6.07, 6.45) is -2.57. The molecule has 1 aromatic carbocycles. The second kappa shape index (κ2) is 17.0. The van der Waals surface area contributed by atoms with Crippen LogP contribution < -0.4 is 0 Å². The third kappa shape index (κ3) is 9.56. The van der Waals surface area contributed by atoms with E-state index in [1.165, 1.54) is 20.1 Å². The average molecular weight is 690 g/mol. The van der Waals surface area contributed by atoms with Gasteiger partial charge in [-0.05, 0) is 91.3 Å². The second-order valence-corrected chi connectivity index (χ2v) is 14.6. The Balaban J connectivity index is 2.14. The highest BCUT2D eigenvalue weighted by Gasteiger charge is 2.51. The number of rotatable bonds is 8. The van der Waals surface area contributed by atoms with Crippen LogP contribution in [0.3, 0.4) is 0 Å². The van der Waals surface area contributed by atoms with Gasteiger partial charge in [-0.1, -0.05) is 45.9 Å². The van der Waals surface area contributed by atoms with Crippen LogP contribution in [0.25, 0.3) is 0 Å². The number of nitrogens with zero attached hydrogens (tertiary/aromatic N) is 1. The average Bonchev–Trinajstić information content (AvgIpc) is 3.07. The van der Waals surface area contributed by atoms with E-state index in [1.54, 1.807) is 58.9 Å². The van der Waals surface area contributed by atoms with E-state index in [1.807, 2.05) is 38.9 Å². The number of aliphatic hydroxyl groups is 2. The van der Waals surface area contributed by atoms with Gasteiger partial charge in [0.15, 0.2) is 18.2 Å². The summed E-state index contributed by atoms with van der Waals surface area (Å²) in [6.45, 7) is 14.0. The number of hydrogen-bond donors (Lipinski definition) is 2. The van der Waals surface area contributed by atoms with E-state index in [2.05, 4.69) is 0 Å². The van der Waals surface area contributed by atoms with Crippen LogP contribution in [0, 0.1) is 17.8 Å². The molecule has 2 aliphatic heterocycles. The minimum atomic E-state index is -1.62. The Kier molecular flexibility index (Phi) is 14.2. The van der Waals surface area contributed by atoms with Crippen LogP contribution in [0.1, 0.15) is 91.4 Å². The molecule has 0 saturated carbocycles. The topological polar surface area (TPSA) is 141 Å². The number of Topliss-reactive ketones (excluding diaryl/α,β-unsaturated/α-hetero) is 1. The molecule has 11 nitrogen and oxygen atoms in total. The number of aliphatic hydroxyl groups excluding tert-OH is 1. The molecule has 11 heteroatoms. The van der Waals surface area contributed by atoms with Crippen LogP contribution in [0.15, 0.2) is 42.0 Å². The van der Waals surface area contributed by atoms with Gasteiger partial charge in [-0.2, -0.15) is 0 Å². The molecule has 276 valence electrons. The second-order valence-electron chi connectivity index (χ2n) is 14.6. The molecule has 0 bridgehead atoms. The molecule has 0 aliphatic carbocycles. The molecule has 0 unspecified atom stereocenters. The highest BCUT2D eigenvalue weighted by molar-refractivity contribution is 5.97. The third-order valence-corrected chi connectivity index (χ3v) is 10.4. The smallest absolute Gasteiger partial charge is 0.338 e. The van der Waals surface area contributed by atoms with Gasteiger partial charge in [0.25, 0.3) is 0 Å². The Hall–Kier alpha value is -2.67. The van der Waals surface area contributed by atoms with Crippen molar-refractivity contribution in [2.75, 3.05) is 21.2 Å². The lowest BCUT2D eigenvalue weighted by atomic mass is 9.76. The van der Waals surface area contributed by atoms with Crippen molar-refractivity contribution in [2.24, 2.45) is 17.8 Å². The monoisotopic (exact) mass is 689 g/mol. The maximum atomic E-state index is 13.9. The molecule has 2 aliphatic rings. The zero-order chi connectivity index (χ0) is 36.8. The van der Waals surface area contributed by atoms with Crippen molar-refractivity contribution in [3.05, 3.63) is 47.5 Å². The maximum Gasteiger partial charge on any atom is 0.338 e. The molecule has 0 amide bonds. The fraction of sp³-hybridized carbons (Fsp3) is 0.711. The first kappa shape index (κ1) is 40.8. The number of likely N-dealkylation sites (N-methyl/N-ethyl adjacent to an activating group) is 1. The summed E-state index contributed by atoms with van der Waals surface area (Å²) in [4.78, 5) is 42.8. The van der Waals surface area contributed by atoms with E-state index in [9.17, 15) is 24.6 Å². The van der Waals surface area contributed by atoms with Gasteiger partial charge in [0.1, 0.15) is 11.7 Å². The van der Waals surface area contributed by atoms with E-state index in [0.717, 1.165) is 0 Å². The number of benzene rings is 1. The van der Waals surface area contributed by atoms with Crippen molar-refractivity contribution in [1.82, 2.24) is 4.90 Å². The number of ether oxygens (including phenoxy) is 5. The number of hydrogen-bond acceptors (Lipinski definition) is 11. The van der Waals surface area contributed by atoms with Gasteiger partial charge < -0.3 is 38.8 Å². The molecule has 2 heterocycles. The first-order valence-electron chi connectivity index (χ1n) is 17.6. The van der Waals surface area contributed by atoms with E-state index in [-0.39, 0.29) is 30.8 Å². The highest BCUT2D eigenvalue weighted by atomic mass is 16.7. The summed E-state index contributed by atoms with van der Waals surface area (Å²) in [7, 11) is 5.31. The Morgan fingerprint density at radius 3 is 2.24 bits per heavy atom. The normalized spacial score (nSPS) is 38.4. The van der Waals surface area contributed by atoms with Crippen LogP contribution in [0.5, 0.6) is 0 Å². The van der Waals surface area contributed by atoms with Gasteiger partial charge in [0.05, 0.1) is 41.4 Å². The SMILES string of the molecule is CCC1=C[C@](C)(O)[C@@H](CC)OC(=O)[C@H](C)[C@@H](O)[C@H](C)[C@@H](O[C@@H]2O[C@H](C)C[C@H](N(C)C)[C@H]2OC(=O)c2ccccc2)[C@@](C)(OC)C[C@@H](C)C1=O. The largest absolute Gasteiger partial charge is 0.459 e. The van der Waals surface area contributed by atoms with Crippen molar-refractivity contribution in [1.29, 1.82) is 0 Å². The standard InChI is InChI=1S/C38H59NO10/c1-12-26-21-37(7,44)29(13-2)47-34(42)25(6)31(41)24(5)33(38(8,45-11)20-22(3)30(26)40)49-36-32(28(39(9)10)19-23(4)46-36)48-35(43)27-17-15-14-16-18-27/h14-18,21-25,28-29,31-33,36,41,44H,12-13,19-20H2,1-11H3/t22-,23-,24+,25-,28+,29-,31+,32-,33-,36+,37+,38+/m1/s1. The number of allylic oxidation sites excluding steroid dienone is 1. The zero-order valence-corrected chi connectivity index (χ0v) is 31.2. The third-order valence-electron chi connectivity index (χ3n) is 10.4. The first-order chi connectivity index (χ1) is 22.9. The van der Waals surface area contributed by atoms with Crippen LogP contribution >= 0.6 is 0 Å². The predicted octanol–water partition coefficient (Wildman–Crippen LogP) is 4.72. The summed E-state index contributed by atoms with van der Waals surface area (Å²) in [5, 5.41) is 23.2. The molecular formula is C38H59NO10. The van der Waals surface area contributed by atoms with Gasteiger partial charge in [-0.25, -0.2) is 4.79 Å². The molecule has 0 radical (unpaired) electrons. The number of ketones is 1. The summed E-state index contributed by atoms with van der Waals surface area (Å²) < 4.78 is 31.3. The van der Waals surface area contributed by atoms with Crippen molar-refractivity contribution < 1.29 is 48.3 Å². The maximum absolute atomic E-state index is 13.9. The minimum Gasteiger partial charge on any atom is -0.459 e. The Morgan fingerprint density at radius 2 is 1.69 bits per heavy atom. The lowest BCUT2D eigenvalue weighted by Crippen LogP contribution is -2.60. The quantitative estimate of drug-likeness (QED) is 0.367. The lowest BCUT2D eigenvalue weighted by Gasteiger charge is -2.48. The van der Waals surface area contributed by atoms with Gasteiger partial charge in [0, 0.05) is 18.9 Å². The van der Waals surface area contributed by atoms with E-state index in [0.29, 0.717) is 24.0 Å². The number of methoxy groups -OCH3 is 1. The molecule has 49 heavy (non-hydrogen) atoms. The molecule has 1 aromatic rings. The number of carbonyl (C=O) groups excluding carboxylic acids is 3. The summed E-state index contributed by atoms with van der Waals surface area (Å²) in [6, 6.07) is 8.40. The molecule has 3 rings (SSSR count). The van der Waals surface area contributed by atoms with Crippen molar-refractivity contribution in [3.63, 3.8) is 0 Å². The van der Waals surface area contributed by atoms with Crippen LogP contribution in [-0.2, 0) is 33.3 Å². The van der Waals surface area contributed by atoms with Crippen molar-refractivity contribution in [3.8, 4) is 0 Å². The first-order valence-corrected chi connectivity index (χ1v) is 17.6. The Bertz CT molecular complexity index is 1300. The van der Waals surface area contributed by atoms with E-state index in [4.69, 9.17) is 23.7 Å². The fourth-order valence-corrected chi connectivity index (χ4v) is 7.26. The van der Waals surface area contributed by atoms with Crippen molar-refractivity contribution in [2.45, 2.75) is 135 Å². The Labute approximate surface area is 292 Å². The molecule has 0 aromatic heterocycles. The van der Waals surface area contributed by atoms with Crippen LogP contribution in [-0.4, -0.2) is 108 Å². The Morgan fingerprint density at radius 1 is 1.06 bits per heavy atom. The van der Waals surface area contributed by atoms with Crippen LogP contribution in [0.4, 0.5) is 0 Å². The zero-order valence-electron chi connectivity index (χ0n) is 31.2. The molecular weight excluding hydrogens is 630 g/mol. The molecule has 0 spiro atoms. The molecule has 1 saturated heterocycles. The highest BCUT2D eigenvalue weighted by Crippen LogP contribution is 2.39. The summed E-state index contributed by atoms with van der Waals surface area (Å²) in [5.41, 5.74) is -2.04. The lowest BCUT2D eigenvalue weighted by molar-refractivity contribution is -0.300. The minimum absolute atomic E-state index is 0.174. The fourth-order valence-electron chi connectivity index (χ4n) is 7.26. The number of carbonyl (C=O) groups is 3.